The van der Waals surface area contributed by atoms with Crippen molar-refractivity contribution in [2.45, 2.75) is 34.2 Å². The molecule has 140 valence electrons. The molecule has 0 atom stereocenters. The van der Waals surface area contributed by atoms with Gasteiger partial charge in [-0.15, -0.1) is 11.3 Å². The van der Waals surface area contributed by atoms with Crippen molar-refractivity contribution < 1.29 is 0 Å². The van der Waals surface area contributed by atoms with Crippen molar-refractivity contribution in [1.29, 1.82) is 0 Å². The molecule has 0 radical (unpaired) electrons. The van der Waals surface area contributed by atoms with E-state index in [1.807, 2.05) is 5.51 Å². The number of piperazine rings is 1. The van der Waals surface area contributed by atoms with E-state index in [-0.39, 0.29) is 0 Å². The first-order valence-corrected chi connectivity index (χ1v) is 10.2. The van der Waals surface area contributed by atoms with E-state index in [4.69, 9.17) is 4.99 Å². The van der Waals surface area contributed by atoms with Gasteiger partial charge in [0.1, 0.15) is 0 Å². The molecule has 0 saturated carbocycles. The van der Waals surface area contributed by atoms with Crippen molar-refractivity contribution in [3.8, 4) is 0 Å². The summed E-state index contributed by atoms with van der Waals surface area (Å²) in [6, 6.07) is 6.59. The maximum absolute atomic E-state index is 4.85. The summed E-state index contributed by atoms with van der Waals surface area (Å²) in [5.74, 6) is 1.01. The average Bonchev–Trinajstić information content (AvgIpc) is 3.06. The standard InChI is InChI=1S/C20H29N5S/c1-5-21-20(22-13-19-17(4)23-14-26-19)25-11-9-24(10-12-25)18-8-6-7-15(2)16(18)3/h6-8,14H,5,9-13H2,1-4H3,(H,21,22). The molecular formula is C20H29N5S. The number of aromatic nitrogens is 1. The van der Waals surface area contributed by atoms with Crippen LogP contribution in [-0.4, -0.2) is 48.6 Å². The van der Waals surface area contributed by atoms with Crippen LogP contribution in [0, 0.1) is 20.8 Å². The van der Waals surface area contributed by atoms with Crippen molar-refractivity contribution in [2.75, 3.05) is 37.6 Å². The van der Waals surface area contributed by atoms with E-state index in [1.165, 1.54) is 21.7 Å². The number of anilines is 1. The molecule has 26 heavy (non-hydrogen) atoms. The Kier molecular flexibility index (Phi) is 6.14. The van der Waals surface area contributed by atoms with Crippen LogP contribution in [0.25, 0.3) is 0 Å². The van der Waals surface area contributed by atoms with E-state index in [0.29, 0.717) is 6.54 Å². The predicted molar refractivity (Wildman–Crippen MR) is 111 cm³/mol. The third-order valence-corrected chi connectivity index (χ3v) is 5.97. The van der Waals surface area contributed by atoms with Gasteiger partial charge in [-0.3, -0.25) is 0 Å². The summed E-state index contributed by atoms with van der Waals surface area (Å²) in [5, 5.41) is 3.45. The van der Waals surface area contributed by atoms with Gasteiger partial charge in [0.05, 0.1) is 17.7 Å². The highest BCUT2D eigenvalue weighted by Crippen LogP contribution is 2.24. The van der Waals surface area contributed by atoms with Crippen molar-refractivity contribution in [1.82, 2.24) is 15.2 Å². The summed E-state index contributed by atoms with van der Waals surface area (Å²) in [7, 11) is 0. The van der Waals surface area contributed by atoms with Gasteiger partial charge < -0.3 is 15.1 Å². The first-order chi connectivity index (χ1) is 12.6. The van der Waals surface area contributed by atoms with Crippen LogP contribution in [0.15, 0.2) is 28.7 Å². The summed E-state index contributed by atoms with van der Waals surface area (Å²) >= 11 is 1.68. The van der Waals surface area contributed by atoms with Crippen molar-refractivity contribution in [2.24, 2.45) is 4.99 Å². The number of aryl methyl sites for hydroxylation is 2. The lowest BCUT2D eigenvalue weighted by molar-refractivity contribution is 0.372. The zero-order valence-electron chi connectivity index (χ0n) is 16.2. The van der Waals surface area contributed by atoms with Gasteiger partial charge in [-0.1, -0.05) is 12.1 Å². The second kappa shape index (κ2) is 8.54. The Balaban J connectivity index is 1.66. The van der Waals surface area contributed by atoms with Crippen molar-refractivity contribution >= 4 is 23.0 Å². The summed E-state index contributed by atoms with van der Waals surface area (Å²) < 4.78 is 0. The third-order valence-electron chi connectivity index (χ3n) is 5.05. The fourth-order valence-corrected chi connectivity index (χ4v) is 3.99. The maximum Gasteiger partial charge on any atom is 0.194 e. The molecule has 1 aromatic heterocycles. The monoisotopic (exact) mass is 371 g/mol. The number of nitrogens with zero attached hydrogens (tertiary/aromatic N) is 4. The average molecular weight is 372 g/mol. The highest BCUT2D eigenvalue weighted by Gasteiger charge is 2.21. The van der Waals surface area contributed by atoms with Crippen LogP contribution in [0.1, 0.15) is 28.6 Å². The van der Waals surface area contributed by atoms with Gasteiger partial charge >= 0.3 is 0 Å². The molecule has 0 bridgehead atoms. The van der Waals surface area contributed by atoms with Gasteiger partial charge in [-0.05, 0) is 44.9 Å². The minimum atomic E-state index is 0.704. The van der Waals surface area contributed by atoms with Crippen LogP contribution in [0.2, 0.25) is 0 Å². The summed E-state index contributed by atoms with van der Waals surface area (Å²) in [5.41, 5.74) is 7.11. The summed E-state index contributed by atoms with van der Waals surface area (Å²) in [6.45, 7) is 14.2. The molecule has 1 saturated heterocycles. The zero-order valence-corrected chi connectivity index (χ0v) is 17.1. The smallest absolute Gasteiger partial charge is 0.194 e. The topological polar surface area (TPSA) is 43.8 Å². The van der Waals surface area contributed by atoms with Gasteiger partial charge in [-0.25, -0.2) is 9.98 Å². The summed E-state index contributed by atoms with van der Waals surface area (Å²) in [4.78, 5) is 15.3. The number of rotatable bonds is 4. The van der Waals surface area contributed by atoms with Crippen LogP contribution >= 0.6 is 11.3 Å². The van der Waals surface area contributed by atoms with Crippen LogP contribution < -0.4 is 10.2 Å². The number of thiazole rings is 1. The van der Waals surface area contributed by atoms with E-state index in [0.717, 1.165) is 44.4 Å². The normalized spacial score (nSPS) is 15.5. The third kappa shape index (κ3) is 4.18. The minimum Gasteiger partial charge on any atom is -0.368 e. The molecule has 5 nitrogen and oxygen atoms in total. The van der Waals surface area contributed by atoms with Gasteiger partial charge in [0.25, 0.3) is 0 Å². The van der Waals surface area contributed by atoms with E-state index in [9.17, 15) is 0 Å². The van der Waals surface area contributed by atoms with Crippen LogP contribution in [0.3, 0.4) is 0 Å². The second-order valence-electron chi connectivity index (χ2n) is 6.72. The molecule has 0 aliphatic carbocycles. The second-order valence-corrected chi connectivity index (χ2v) is 7.66. The first kappa shape index (κ1) is 18.7. The molecular weight excluding hydrogens is 342 g/mol. The SMILES string of the molecule is CCNC(=NCc1scnc1C)N1CCN(c2cccc(C)c2C)CC1. The number of hydrogen-bond acceptors (Lipinski definition) is 4. The molecule has 0 amide bonds. The van der Waals surface area contributed by atoms with Gasteiger partial charge in [0.2, 0.25) is 0 Å². The first-order valence-electron chi connectivity index (χ1n) is 9.33. The molecule has 0 spiro atoms. The number of benzene rings is 1. The van der Waals surface area contributed by atoms with Crippen LogP contribution in [0.5, 0.6) is 0 Å². The van der Waals surface area contributed by atoms with Gasteiger partial charge in [0, 0.05) is 43.3 Å². The number of nitrogens with one attached hydrogen (secondary N) is 1. The lowest BCUT2D eigenvalue weighted by Crippen LogP contribution is -2.52. The molecule has 0 unspecified atom stereocenters. The lowest BCUT2D eigenvalue weighted by atomic mass is 10.1. The van der Waals surface area contributed by atoms with E-state index in [2.05, 4.69) is 66.0 Å². The fourth-order valence-electron chi connectivity index (χ4n) is 3.29. The predicted octanol–water partition coefficient (Wildman–Crippen LogP) is 3.36. The molecule has 1 aliphatic heterocycles. The zero-order chi connectivity index (χ0) is 18.5. The lowest BCUT2D eigenvalue weighted by Gasteiger charge is -2.38. The van der Waals surface area contributed by atoms with E-state index >= 15 is 0 Å². The Hall–Kier alpha value is -2.08. The summed E-state index contributed by atoms with van der Waals surface area (Å²) in [6.07, 6.45) is 0. The maximum atomic E-state index is 4.85. The fraction of sp³-hybridized carbons (Fsp3) is 0.500. The molecule has 1 N–H and O–H groups in total. The van der Waals surface area contributed by atoms with E-state index in [1.54, 1.807) is 11.3 Å². The Morgan fingerprint density at radius 2 is 1.96 bits per heavy atom. The minimum absolute atomic E-state index is 0.704. The molecule has 1 aliphatic rings. The highest BCUT2D eigenvalue weighted by atomic mass is 32.1. The number of hydrogen-bond donors (Lipinski definition) is 1. The molecule has 1 fully saturated rings. The van der Waals surface area contributed by atoms with Gasteiger partial charge in [-0.2, -0.15) is 0 Å². The molecule has 1 aromatic carbocycles. The number of aliphatic imine (C=N–C) groups is 1. The van der Waals surface area contributed by atoms with Crippen molar-refractivity contribution in [3.05, 3.63) is 45.4 Å². The molecule has 2 aromatic rings. The van der Waals surface area contributed by atoms with Crippen molar-refractivity contribution in [3.63, 3.8) is 0 Å². The van der Waals surface area contributed by atoms with Gasteiger partial charge in [0.15, 0.2) is 5.96 Å². The Labute approximate surface area is 160 Å². The molecule has 3 rings (SSSR count). The molecule has 6 heteroatoms. The highest BCUT2D eigenvalue weighted by molar-refractivity contribution is 7.09. The molecule has 2 heterocycles. The quantitative estimate of drug-likeness (QED) is 0.661. The Morgan fingerprint density at radius 3 is 2.62 bits per heavy atom. The van der Waals surface area contributed by atoms with Crippen LogP contribution in [0.4, 0.5) is 5.69 Å². The van der Waals surface area contributed by atoms with Crippen LogP contribution in [-0.2, 0) is 6.54 Å². The Bertz CT molecular complexity index is 759. The number of guanidine groups is 1. The Morgan fingerprint density at radius 1 is 1.19 bits per heavy atom. The largest absolute Gasteiger partial charge is 0.368 e. The van der Waals surface area contributed by atoms with E-state index < -0.39 is 0 Å².